The molecule has 9 heteroatoms. The number of carbonyl (C=O) groups is 2. The van der Waals surface area contributed by atoms with Crippen molar-refractivity contribution >= 4 is 23.2 Å². The van der Waals surface area contributed by atoms with Gasteiger partial charge in [-0.05, 0) is 36.4 Å². The van der Waals surface area contributed by atoms with Gasteiger partial charge in [-0.15, -0.1) is 0 Å². The molecule has 0 bridgehead atoms. The normalized spacial score (nSPS) is 10.0. The van der Waals surface area contributed by atoms with Crippen LogP contribution in [0.1, 0.15) is 32.1 Å². The summed E-state index contributed by atoms with van der Waals surface area (Å²) in [7, 11) is 0. The number of hydrogen-bond acceptors (Lipinski definition) is 7. The summed E-state index contributed by atoms with van der Waals surface area (Å²) >= 11 is 0. The maximum Gasteiger partial charge on any atom is 0.273 e. The van der Waals surface area contributed by atoms with Crippen LogP contribution in [-0.2, 0) is 0 Å². The minimum atomic E-state index is -0.543. The molecule has 1 heterocycles. The molecule has 0 aliphatic rings. The molecule has 0 unspecified atom stereocenters. The SMILES string of the molecule is C=C(NNC(=O)c1ccccc1O)c1cccc(C(=C)NNC(=O)c2ccccc2O)n1. The minimum absolute atomic E-state index is 0.104. The van der Waals surface area contributed by atoms with Crippen molar-refractivity contribution < 1.29 is 19.8 Å². The Labute approximate surface area is 184 Å². The summed E-state index contributed by atoms with van der Waals surface area (Å²) in [6, 6.07) is 17.3. The lowest BCUT2D eigenvalue weighted by atomic mass is 10.2. The Morgan fingerprint density at radius 3 is 1.44 bits per heavy atom. The number of hydrazine groups is 2. The minimum Gasteiger partial charge on any atom is -0.507 e. The highest BCUT2D eigenvalue weighted by molar-refractivity contribution is 5.97. The number of para-hydroxylation sites is 2. The predicted octanol–water partition coefficient (Wildman–Crippen LogP) is 2.30. The third-order valence-corrected chi connectivity index (χ3v) is 4.32. The Kier molecular flexibility index (Phi) is 6.72. The summed E-state index contributed by atoms with van der Waals surface area (Å²) in [5, 5.41) is 19.5. The van der Waals surface area contributed by atoms with E-state index in [4.69, 9.17) is 0 Å². The summed E-state index contributed by atoms with van der Waals surface area (Å²) < 4.78 is 0. The Morgan fingerprint density at radius 1 is 0.625 bits per heavy atom. The highest BCUT2D eigenvalue weighted by Gasteiger charge is 2.12. The van der Waals surface area contributed by atoms with Gasteiger partial charge in [-0.3, -0.25) is 31.3 Å². The Bertz CT molecular complexity index is 1100. The van der Waals surface area contributed by atoms with Crippen molar-refractivity contribution in [3.63, 3.8) is 0 Å². The van der Waals surface area contributed by atoms with E-state index in [1.807, 2.05) is 0 Å². The number of phenolic OH excluding ortho intramolecular Hbond substituents is 2. The lowest BCUT2D eigenvalue weighted by Crippen LogP contribution is -2.36. The lowest BCUT2D eigenvalue weighted by molar-refractivity contribution is 0.0931. The molecule has 32 heavy (non-hydrogen) atoms. The third kappa shape index (κ3) is 5.22. The first-order valence-corrected chi connectivity index (χ1v) is 9.41. The number of pyridine rings is 1. The van der Waals surface area contributed by atoms with Crippen molar-refractivity contribution in [2.75, 3.05) is 0 Å². The molecule has 0 fully saturated rings. The van der Waals surface area contributed by atoms with Crippen LogP contribution in [0, 0.1) is 0 Å². The molecule has 0 radical (unpaired) electrons. The number of amides is 2. The number of rotatable bonds is 8. The van der Waals surface area contributed by atoms with Crippen LogP contribution < -0.4 is 21.7 Å². The number of phenols is 2. The van der Waals surface area contributed by atoms with E-state index >= 15 is 0 Å². The second-order valence-electron chi connectivity index (χ2n) is 6.56. The van der Waals surface area contributed by atoms with Crippen LogP contribution in [0.5, 0.6) is 11.5 Å². The average Bonchev–Trinajstić information content (AvgIpc) is 2.81. The van der Waals surface area contributed by atoms with Gasteiger partial charge in [-0.1, -0.05) is 43.5 Å². The van der Waals surface area contributed by atoms with Crippen LogP contribution in [0.4, 0.5) is 0 Å². The smallest absolute Gasteiger partial charge is 0.273 e. The predicted molar refractivity (Wildman–Crippen MR) is 120 cm³/mol. The third-order valence-electron chi connectivity index (χ3n) is 4.32. The van der Waals surface area contributed by atoms with Gasteiger partial charge < -0.3 is 10.2 Å². The molecule has 9 nitrogen and oxygen atoms in total. The van der Waals surface area contributed by atoms with Gasteiger partial charge in [0, 0.05) is 0 Å². The lowest BCUT2D eigenvalue weighted by Gasteiger charge is -2.14. The second-order valence-corrected chi connectivity index (χ2v) is 6.56. The summed E-state index contributed by atoms with van der Waals surface area (Å²) in [5.74, 6) is -1.38. The van der Waals surface area contributed by atoms with Crippen molar-refractivity contribution in [1.29, 1.82) is 0 Å². The Morgan fingerprint density at radius 2 is 1.03 bits per heavy atom. The van der Waals surface area contributed by atoms with Crippen LogP contribution in [-0.4, -0.2) is 27.0 Å². The van der Waals surface area contributed by atoms with Crippen LogP contribution in [0.15, 0.2) is 79.9 Å². The summed E-state index contributed by atoms with van der Waals surface area (Å²) in [6.07, 6.45) is 0. The van der Waals surface area contributed by atoms with Crippen molar-refractivity contribution in [2.24, 2.45) is 0 Å². The molecule has 0 saturated heterocycles. The van der Waals surface area contributed by atoms with Crippen molar-refractivity contribution in [3.8, 4) is 11.5 Å². The van der Waals surface area contributed by atoms with Gasteiger partial charge in [-0.25, -0.2) is 4.98 Å². The molecular weight excluding hydrogens is 410 g/mol. The van der Waals surface area contributed by atoms with Crippen LogP contribution in [0.2, 0.25) is 0 Å². The fourth-order valence-electron chi connectivity index (χ4n) is 2.63. The fourth-order valence-corrected chi connectivity index (χ4v) is 2.63. The Balaban J connectivity index is 1.59. The van der Waals surface area contributed by atoms with Gasteiger partial charge in [-0.2, -0.15) is 0 Å². The zero-order chi connectivity index (χ0) is 23.1. The van der Waals surface area contributed by atoms with Gasteiger partial charge in [0.05, 0.1) is 33.9 Å². The zero-order valence-electron chi connectivity index (χ0n) is 16.9. The average molecular weight is 431 g/mol. The number of nitrogens with one attached hydrogen (secondary N) is 4. The van der Waals surface area contributed by atoms with Gasteiger partial charge in [0.25, 0.3) is 11.8 Å². The summed E-state index contributed by atoms with van der Waals surface area (Å²) in [5.41, 5.74) is 11.8. The highest BCUT2D eigenvalue weighted by Crippen LogP contribution is 2.16. The standard InChI is InChI=1S/C23H21N5O4/c1-14(25-27-22(31)16-8-3-5-12-20(16)29)18-10-7-11-19(24-18)15(2)26-28-23(32)17-9-4-6-13-21(17)30/h3-13,25-26,29-30H,1-2H2,(H,27,31)(H,28,32). The number of aromatic hydroxyl groups is 2. The zero-order valence-corrected chi connectivity index (χ0v) is 16.9. The molecule has 3 aromatic rings. The maximum atomic E-state index is 12.2. The first-order chi connectivity index (χ1) is 15.4. The number of hydrogen-bond donors (Lipinski definition) is 6. The van der Waals surface area contributed by atoms with E-state index in [1.165, 1.54) is 24.3 Å². The highest BCUT2D eigenvalue weighted by atomic mass is 16.3. The first kappa shape index (κ1) is 21.9. The number of carbonyl (C=O) groups excluding carboxylic acids is 2. The quantitative estimate of drug-likeness (QED) is 0.301. The molecule has 1 aromatic heterocycles. The van der Waals surface area contributed by atoms with Crippen molar-refractivity contribution in [3.05, 3.63) is 102 Å². The second kappa shape index (κ2) is 9.81. The largest absolute Gasteiger partial charge is 0.507 e. The molecule has 3 rings (SSSR count). The molecular formula is C23H21N5O4. The maximum absolute atomic E-state index is 12.2. The molecule has 6 N–H and O–H groups in total. The Hall–Kier alpha value is -4.79. The van der Waals surface area contributed by atoms with Crippen molar-refractivity contribution in [1.82, 2.24) is 26.7 Å². The van der Waals surface area contributed by atoms with E-state index in [0.717, 1.165) is 0 Å². The van der Waals surface area contributed by atoms with Gasteiger partial charge in [0.15, 0.2) is 0 Å². The van der Waals surface area contributed by atoms with E-state index in [0.29, 0.717) is 22.8 Å². The van der Waals surface area contributed by atoms with E-state index < -0.39 is 11.8 Å². The fraction of sp³-hybridized carbons (Fsp3) is 0. The molecule has 0 atom stereocenters. The monoisotopic (exact) mass is 431 g/mol. The number of nitrogens with zero attached hydrogens (tertiary/aromatic N) is 1. The number of benzene rings is 2. The summed E-state index contributed by atoms with van der Waals surface area (Å²) in [4.78, 5) is 28.8. The van der Waals surface area contributed by atoms with E-state index in [-0.39, 0.29) is 22.6 Å². The molecule has 2 aromatic carbocycles. The van der Waals surface area contributed by atoms with E-state index in [9.17, 15) is 19.8 Å². The van der Waals surface area contributed by atoms with Crippen LogP contribution >= 0.6 is 0 Å². The topological polar surface area (TPSA) is 136 Å². The summed E-state index contributed by atoms with van der Waals surface area (Å²) in [6.45, 7) is 7.68. The molecule has 0 spiro atoms. The first-order valence-electron chi connectivity index (χ1n) is 9.41. The van der Waals surface area contributed by atoms with Crippen LogP contribution in [0.25, 0.3) is 11.4 Å². The molecule has 0 aliphatic heterocycles. The molecule has 2 amide bonds. The van der Waals surface area contributed by atoms with Crippen molar-refractivity contribution in [2.45, 2.75) is 0 Å². The molecule has 0 aliphatic carbocycles. The van der Waals surface area contributed by atoms with Gasteiger partial charge >= 0.3 is 0 Å². The van der Waals surface area contributed by atoms with Gasteiger partial charge in [0.2, 0.25) is 0 Å². The van der Waals surface area contributed by atoms with Crippen LogP contribution in [0.3, 0.4) is 0 Å². The van der Waals surface area contributed by atoms with Gasteiger partial charge in [0.1, 0.15) is 11.5 Å². The molecule has 162 valence electrons. The van der Waals surface area contributed by atoms with E-state index in [2.05, 4.69) is 39.8 Å². The molecule has 0 saturated carbocycles. The number of aromatic nitrogens is 1. The van der Waals surface area contributed by atoms with E-state index in [1.54, 1.807) is 42.5 Å².